The zero-order valence-corrected chi connectivity index (χ0v) is 13.0. The number of hydrogen-bond donors (Lipinski definition) is 0. The number of rotatable bonds is 3. The highest BCUT2D eigenvalue weighted by Crippen LogP contribution is 2.35. The molecule has 0 fully saturated rings. The summed E-state index contributed by atoms with van der Waals surface area (Å²) in [5.41, 5.74) is -0.822. The maximum atomic E-state index is 12.8. The Morgan fingerprint density at radius 1 is 1.25 bits per heavy atom. The first-order valence-corrected chi connectivity index (χ1v) is 7.40. The third-order valence-electron chi connectivity index (χ3n) is 2.56. The molecule has 106 valence electrons. The second kappa shape index (κ2) is 5.87. The maximum absolute atomic E-state index is 12.8. The Hall–Kier alpha value is -0.850. The Labute approximate surface area is 130 Å². The van der Waals surface area contributed by atoms with Crippen molar-refractivity contribution < 1.29 is 18.0 Å². The van der Waals surface area contributed by atoms with Crippen molar-refractivity contribution in [1.82, 2.24) is 0 Å². The maximum Gasteiger partial charge on any atom is 0.417 e. The molecule has 1 aromatic carbocycles. The van der Waals surface area contributed by atoms with Crippen LogP contribution in [0.15, 0.2) is 34.8 Å². The van der Waals surface area contributed by atoms with E-state index in [1.807, 2.05) is 0 Å². The van der Waals surface area contributed by atoms with Crippen molar-refractivity contribution in [2.75, 3.05) is 0 Å². The van der Waals surface area contributed by atoms with E-state index in [2.05, 4.69) is 15.9 Å². The SMILES string of the molecule is O=C(Cc1ccc(Cl)s1)c1ccc(Br)c(C(F)(F)F)c1. The van der Waals surface area contributed by atoms with Gasteiger partial charge in [0.15, 0.2) is 5.78 Å². The van der Waals surface area contributed by atoms with Gasteiger partial charge in [0.2, 0.25) is 0 Å². The lowest BCUT2D eigenvalue weighted by atomic mass is 10.0. The van der Waals surface area contributed by atoms with Gasteiger partial charge in [0.1, 0.15) is 0 Å². The van der Waals surface area contributed by atoms with Crippen LogP contribution in [0.25, 0.3) is 0 Å². The van der Waals surface area contributed by atoms with Crippen LogP contribution in [0.5, 0.6) is 0 Å². The highest BCUT2D eigenvalue weighted by molar-refractivity contribution is 9.10. The van der Waals surface area contributed by atoms with E-state index in [1.54, 1.807) is 12.1 Å². The summed E-state index contributed by atoms with van der Waals surface area (Å²) in [6.45, 7) is 0. The molecule has 0 saturated carbocycles. The summed E-state index contributed by atoms with van der Waals surface area (Å²) < 4.78 is 38.8. The third-order valence-corrected chi connectivity index (χ3v) is 4.48. The molecular formula is C13H7BrClF3OS. The lowest BCUT2D eigenvalue weighted by molar-refractivity contribution is -0.138. The van der Waals surface area contributed by atoms with Gasteiger partial charge < -0.3 is 0 Å². The molecule has 0 aliphatic carbocycles. The van der Waals surface area contributed by atoms with E-state index in [9.17, 15) is 18.0 Å². The Balaban J connectivity index is 2.27. The van der Waals surface area contributed by atoms with Crippen LogP contribution < -0.4 is 0 Å². The molecule has 2 rings (SSSR count). The Kier molecular flexibility index (Phi) is 4.56. The molecule has 0 atom stereocenters. The number of alkyl halides is 3. The number of benzene rings is 1. The predicted octanol–water partition coefficient (Wildman–Crippen LogP) is 5.61. The van der Waals surface area contributed by atoms with Gasteiger partial charge in [-0.25, -0.2) is 0 Å². The number of thiophene rings is 1. The average molecular weight is 384 g/mol. The van der Waals surface area contributed by atoms with Gasteiger partial charge in [-0.05, 0) is 24.3 Å². The molecule has 0 unspecified atom stereocenters. The van der Waals surface area contributed by atoms with Crippen molar-refractivity contribution in [3.05, 3.63) is 55.1 Å². The van der Waals surface area contributed by atoms with Crippen LogP contribution in [-0.4, -0.2) is 5.78 Å². The molecule has 1 aromatic heterocycles. The molecule has 7 heteroatoms. The lowest BCUT2D eigenvalue weighted by Crippen LogP contribution is -2.09. The lowest BCUT2D eigenvalue weighted by Gasteiger charge is -2.10. The van der Waals surface area contributed by atoms with Crippen molar-refractivity contribution in [3.63, 3.8) is 0 Å². The van der Waals surface area contributed by atoms with Gasteiger partial charge in [0, 0.05) is 21.3 Å². The van der Waals surface area contributed by atoms with E-state index in [0.717, 1.165) is 10.9 Å². The summed E-state index contributed by atoms with van der Waals surface area (Å²) in [6, 6.07) is 6.81. The molecule has 20 heavy (non-hydrogen) atoms. The van der Waals surface area contributed by atoms with E-state index >= 15 is 0 Å². The van der Waals surface area contributed by atoms with Crippen LogP contribution in [0.3, 0.4) is 0 Å². The van der Waals surface area contributed by atoms with Gasteiger partial charge in [0.05, 0.1) is 9.90 Å². The second-order valence-corrected chi connectivity index (χ2v) is 6.65. The van der Waals surface area contributed by atoms with Crippen molar-refractivity contribution in [2.24, 2.45) is 0 Å². The summed E-state index contributed by atoms with van der Waals surface area (Å²) in [7, 11) is 0. The topological polar surface area (TPSA) is 17.1 Å². The summed E-state index contributed by atoms with van der Waals surface area (Å²) in [4.78, 5) is 12.7. The molecule has 0 aliphatic rings. The zero-order chi connectivity index (χ0) is 14.9. The number of Topliss-reactive ketones (excluding diaryl/α,β-unsaturated/α-hetero) is 1. The van der Waals surface area contributed by atoms with Crippen molar-refractivity contribution >= 4 is 44.7 Å². The van der Waals surface area contributed by atoms with E-state index in [-0.39, 0.29) is 22.2 Å². The minimum atomic E-state index is -4.50. The Morgan fingerprint density at radius 2 is 1.95 bits per heavy atom. The molecule has 0 aliphatic heterocycles. The van der Waals surface area contributed by atoms with E-state index in [0.29, 0.717) is 4.34 Å². The van der Waals surface area contributed by atoms with Crippen molar-refractivity contribution in [2.45, 2.75) is 12.6 Å². The fourth-order valence-electron chi connectivity index (χ4n) is 1.62. The van der Waals surface area contributed by atoms with Crippen LogP contribution in [-0.2, 0) is 12.6 Å². The van der Waals surface area contributed by atoms with Crippen LogP contribution in [0, 0.1) is 0 Å². The zero-order valence-electron chi connectivity index (χ0n) is 9.80. The molecule has 0 radical (unpaired) electrons. The first-order chi connectivity index (χ1) is 9.27. The number of hydrogen-bond acceptors (Lipinski definition) is 2. The fourth-order valence-corrected chi connectivity index (χ4v) is 3.18. The molecule has 0 saturated heterocycles. The Morgan fingerprint density at radius 3 is 2.50 bits per heavy atom. The molecule has 2 aromatic rings. The quantitative estimate of drug-likeness (QED) is 0.630. The van der Waals surface area contributed by atoms with Crippen LogP contribution >= 0.6 is 38.9 Å². The third kappa shape index (κ3) is 3.62. The first-order valence-electron chi connectivity index (χ1n) is 5.41. The smallest absolute Gasteiger partial charge is 0.294 e. The van der Waals surface area contributed by atoms with Crippen LogP contribution in [0.4, 0.5) is 13.2 Å². The molecule has 0 bridgehead atoms. The number of carbonyl (C=O) groups excluding carboxylic acids is 1. The average Bonchev–Trinajstić information content (AvgIpc) is 2.73. The molecule has 1 nitrogen and oxygen atoms in total. The number of halogens is 5. The second-order valence-electron chi connectivity index (χ2n) is 4.00. The van der Waals surface area contributed by atoms with Crippen molar-refractivity contribution in [1.29, 1.82) is 0 Å². The molecule has 1 heterocycles. The molecular weight excluding hydrogens is 377 g/mol. The van der Waals surface area contributed by atoms with Gasteiger partial charge in [-0.2, -0.15) is 13.2 Å². The van der Waals surface area contributed by atoms with Gasteiger partial charge in [-0.3, -0.25) is 4.79 Å². The van der Waals surface area contributed by atoms with E-state index in [1.165, 1.54) is 23.5 Å². The highest BCUT2D eigenvalue weighted by atomic mass is 79.9. The van der Waals surface area contributed by atoms with Crippen LogP contribution in [0.1, 0.15) is 20.8 Å². The molecule has 0 N–H and O–H groups in total. The van der Waals surface area contributed by atoms with Gasteiger partial charge in [-0.15, -0.1) is 11.3 Å². The summed E-state index contributed by atoms with van der Waals surface area (Å²) in [5, 5.41) is 0. The highest BCUT2D eigenvalue weighted by Gasteiger charge is 2.33. The fraction of sp³-hybridized carbons (Fsp3) is 0.154. The summed E-state index contributed by atoms with van der Waals surface area (Å²) >= 11 is 9.82. The summed E-state index contributed by atoms with van der Waals surface area (Å²) in [5.74, 6) is -0.374. The minimum Gasteiger partial charge on any atom is -0.294 e. The van der Waals surface area contributed by atoms with Crippen molar-refractivity contribution in [3.8, 4) is 0 Å². The summed E-state index contributed by atoms with van der Waals surface area (Å²) in [6.07, 6.45) is -4.46. The minimum absolute atomic E-state index is 0.0325. The van der Waals surface area contributed by atoms with Gasteiger partial charge in [0.25, 0.3) is 0 Å². The number of carbonyl (C=O) groups is 1. The Bertz CT molecular complexity index is 651. The largest absolute Gasteiger partial charge is 0.417 e. The molecule has 0 spiro atoms. The molecule has 0 amide bonds. The van der Waals surface area contributed by atoms with E-state index in [4.69, 9.17) is 11.6 Å². The first kappa shape index (κ1) is 15.5. The predicted molar refractivity (Wildman–Crippen MR) is 76.5 cm³/mol. The van der Waals surface area contributed by atoms with Gasteiger partial charge >= 0.3 is 6.18 Å². The normalized spacial score (nSPS) is 11.7. The van der Waals surface area contributed by atoms with E-state index < -0.39 is 11.7 Å². The monoisotopic (exact) mass is 382 g/mol. The number of ketones is 1. The van der Waals surface area contributed by atoms with Crippen LogP contribution in [0.2, 0.25) is 4.34 Å². The standard InChI is InChI=1S/C13H7BrClF3OS/c14-10-3-1-7(5-9(10)13(16,17)18)11(19)6-8-2-4-12(15)20-8/h1-5H,6H2. The van der Waals surface area contributed by atoms with Gasteiger partial charge in [-0.1, -0.05) is 33.6 Å².